The molecule has 0 bridgehead atoms. The molecule has 0 unspecified atom stereocenters. The summed E-state index contributed by atoms with van der Waals surface area (Å²) in [5.41, 5.74) is 0.617. The van der Waals surface area contributed by atoms with Gasteiger partial charge in [-0.15, -0.1) is 0 Å². The highest BCUT2D eigenvalue weighted by Crippen LogP contribution is 2.10. The number of halogens is 1. The van der Waals surface area contributed by atoms with Crippen LogP contribution in [0.1, 0.15) is 35.7 Å². The standard InChI is InChI=1S/C14H16FNO2/c1-2-3-8-16-14(18)13-7-6-12(15)10-11(13)5-4-9-17/h6-7,10,17H,2-3,8-9H2,1H3,(H,16,18). The van der Waals surface area contributed by atoms with E-state index in [4.69, 9.17) is 5.11 Å². The SMILES string of the molecule is CCCCNC(=O)c1ccc(F)cc1C#CCO. The van der Waals surface area contributed by atoms with Crippen molar-refractivity contribution in [1.82, 2.24) is 5.32 Å². The molecule has 96 valence electrons. The Kier molecular flexibility index (Phi) is 5.89. The number of aliphatic hydroxyl groups excluding tert-OH is 1. The number of carbonyl (C=O) groups is 1. The van der Waals surface area contributed by atoms with Crippen LogP contribution in [-0.2, 0) is 0 Å². The van der Waals surface area contributed by atoms with Gasteiger partial charge in [0.1, 0.15) is 12.4 Å². The summed E-state index contributed by atoms with van der Waals surface area (Å²) in [4.78, 5) is 11.9. The monoisotopic (exact) mass is 249 g/mol. The van der Waals surface area contributed by atoms with Gasteiger partial charge >= 0.3 is 0 Å². The predicted octanol–water partition coefficient (Wildman–Crippen LogP) is 1.70. The molecule has 0 radical (unpaired) electrons. The van der Waals surface area contributed by atoms with Crippen molar-refractivity contribution in [3.8, 4) is 11.8 Å². The van der Waals surface area contributed by atoms with Crippen molar-refractivity contribution in [3.63, 3.8) is 0 Å². The maximum absolute atomic E-state index is 13.1. The number of amides is 1. The first-order valence-corrected chi connectivity index (χ1v) is 5.86. The number of hydrogen-bond acceptors (Lipinski definition) is 2. The zero-order chi connectivity index (χ0) is 13.4. The number of rotatable bonds is 4. The smallest absolute Gasteiger partial charge is 0.252 e. The van der Waals surface area contributed by atoms with E-state index in [0.717, 1.165) is 12.8 Å². The molecule has 1 aromatic rings. The number of aliphatic hydroxyl groups is 1. The second kappa shape index (κ2) is 7.46. The Hall–Kier alpha value is -1.86. The largest absolute Gasteiger partial charge is 0.384 e. The molecule has 0 atom stereocenters. The molecule has 0 fully saturated rings. The van der Waals surface area contributed by atoms with Crippen LogP contribution in [0.4, 0.5) is 4.39 Å². The molecule has 0 spiro atoms. The summed E-state index contributed by atoms with van der Waals surface area (Å²) < 4.78 is 13.1. The van der Waals surface area contributed by atoms with Crippen LogP contribution in [0.15, 0.2) is 18.2 Å². The summed E-state index contributed by atoms with van der Waals surface area (Å²) in [6.07, 6.45) is 1.88. The lowest BCUT2D eigenvalue weighted by molar-refractivity contribution is 0.0953. The van der Waals surface area contributed by atoms with Crippen molar-refractivity contribution in [2.75, 3.05) is 13.2 Å². The predicted molar refractivity (Wildman–Crippen MR) is 67.6 cm³/mol. The minimum absolute atomic E-state index is 0.273. The fourth-order valence-corrected chi connectivity index (χ4v) is 1.43. The highest BCUT2D eigenvalue weighted by Gasteiger charge is 2.10. The van der Waals surface area contributed by atoms with Gasteiger partial charge in [-0.3, -0.25) is 4.79 Å². The third-order valence-electron chi connectivity index (χ3n) is 2.34. The van der Waals surface area contributed by atoms with E-state index in [9.17, 15) is 9.18 Å². The molecule has 1 amide bonds. The summed E-state index contributed by atoms with van der Waals surface area (Å²) in [5, 5.41) is 11.4. The Balaban J connectivity index is 2.89. The molecule has 0 saturated heterocycles. The molecule has 2 N–H and O–H groups in total. The average Bonchev–Trinajstić information content (AvgIpc) is 2.36. The van der Waals surface area contributed by atoms with Crippen molar-refractivity contribution in [3.05, 3.63) is 35.1 Å². The molecular formula is C14H16FNO2. The van der Waals surface area contributed by atoms with Gasteiger partial charge in [-0.1, -0.05) is 25.2 Å². The lowest BCUT2D eigenvalue weighted by atomic mass is 10.1. The van der Waals surface area contributed by atoms with E-state index in [-0.39, 0.29) is 18.1 Å². The molecule has 0 aromatic heterocycles. The molecule has 0 saturated carbocycles. The lowest BCUT2D eigenvalue weighted by Gasteiger charge is -2.06. The fourth-order valence-electron chi connectivity index (χ4n) is 1.43. The summed E-state index contributed by atoms with van der Waals surface area (Å²) in [6.45, 7) is 2.29. The van der Waals surface area contributed by atoms with E-state index in [1.165, 1.54) is 18.2 Å². The molecule has 3 nitrogen and oxygen atoms in total. The second-order valence-corrected chi connectivity index (χ2v) is 3.76. The van der Waals surface area contributed by atoms with Gasteiger partial charge in [-0.25, -0.2) is 4.39 Å². The summed E-state index contributed by atoms with van der Waals surface area (Å²) >= 11 is 0. The van der Waals surface area contributed by atoms with Crippen molar-refractivity contribution in [2.45, 2.75) is 19.8 Å². The molecule has 18 heavy (non-hydrogen) atoms. The maximum atomic E-state index is 13.1. The molecule has 1 rings (SSSR count). The number of unbranched alkanes of at least 4 members (excludes halogenated alkanes) is 1. The fraction of sp³-hybridized carbons (Fsp3) is 0.357. The van der Waals surface area contributed by atoms with Crippen molar-refractivity contribution in [2.24, 2.45) is 0 Å². The maximum Gasteiger partial charge on any atom is 0.252 e. The quantitative estimate of drug-likeness (QED) is 0.630. The Bertz CT molecular complexity index is 474. The third-order valence-corrected chi connectivity index (χ3v) is 2.34. The zero-order valence-electron chi connectivity index (χ0n) is 10.3. The van der Waals surface area contributed by atoms with E-state index in [1.807, 2.05) is 6.92 Å². The number of carbonyl (C=O) groups excluding carboxylic acids is 1. The molecule has 0 aliphatic rings. The van der Waals surface area contributed by atoms with Gasteiger partial charge in [-0.2, -0.15) is 0 Å². The topological polar surface area (TPSA) is 49.3 Å². The van der Waals surface area contributed by atoms with Crippen LogP contribution in [0.5, 0.6) is 0 Å². The van der Waals surface area contributed by atoms with Gasteiger partial charge in [0, 0.05) is 12.1 Å². The van der Waals surface area contributed by atoms with Crippen LogP contribution in [-0.4, -0.2) is 24.2 Å². The second-order valence-electron chi connectivity index (χ2n) is 3.76. The number of hydrogen-bond donors (Lipinski definition) is 2. The Morgan fingerprint density at radius 2 is 2.28 bits per heavy atom. The summed E-state index contributed by atoms with van der Waals surface area (Å²) in [7, 11) is 0. The molecule has 0 heterocycles. The van der Waals surface area contributed by atoms with Crippen LogP contribution in [0.25, 0.3) is 0 Å². The molecule has 0 aliphatic carbocycles. The van der Waals surface area contributed by atoms with Crippen molar-refractivity contribution >= 4 is 5.91 Å². The molecule has 1 aromatic carbocycles. The molecule has 0 aliphatic heterocycles. The summed E-state index contributed by atoms with van der Waals surface area (Å²) in [6, 6.07) is 3.81. The van der Waals surface area contributed by atoms with Crippen LogP contribution in [0, 0.1) is 17.7 Å². The van der Waals surface area contributed by atoms with Gasteiger partial charge in [-0.05, 0) is 24.6 Å². The average molecular weight is 249 g/mol. The van der Waals surface area contributed by atoms with E-state index in [2.05, 4.69) is 17.2 Å². The van der Waals surface area contributed by atoms with Crippen molar-refractivity contribution < 1.29 is 14.3 Å². The van der Waals surface area contributed by atoms with Crippen LogP contribution >= 0.6 is 0 Å². The zero-order valence-corrected chi connectivity index (χ0v) is 10.3. The van der Waals surface area contributed by atoms with Crippen molar-refractivity contribution in [1.29, 1.82) is 0 Å². The number of benzene rings is 1. The van der Waals surface area contributed by atoms with Crippen LogP contribution in [0.3, 0.4) is 0 Å². The minimum Gasteiger partial charge on any atom is -0.384 e. The van der Waals surface area contributed by atoms with Gasteiger partial charge in [0.25, 0.3) is 5.91 Å². The molecular weight excluding hydrogens is 233 g/mol. The number of nitrogens with one attached hydrogen (secondary N) is 1. The highest BCUT2D eigenvalue weighted by atomic mass is 19.1. The lowest BCUT2D eigenvalue weighted by Crippen LogP contribution is -2.25. The van der Waals surface area contributed by atoms with E-state index in [1.54, 1.807) is 0 Å². The van der Waals surface area contributed by atoms with Crippen LogP contribution < -0.4 is 5.32 Å². The third kappa shape index (κ3) is 4.19. The Morgan fingerprint density at radius 1 is 1.50 bits per heavy atom. The van der Waals surface area contributed by atoms with Gasteiger partial charge < -0.3 is 10.4 Å². The van der Waals surface area contributed by atoms with Gasteiger partial charge in [0.15, 0.2) is 0 Å². The summed E-state index contributed by atoms with van der Waals surface area (Å²) in [5.74, 6) is 4.26. The first kappa shape index (κ1) is 14.2. The van der Waals surface area contributed by atoms with E-state index >= 15 is 0 Å². The molecule has 4 heteroatoms. The Labute approximate surface area is 106 Å². The van der Waals surface area contributed by atoms with Gasteiger partial charge in [0.05, 0.1) is 5.56 Å². The van der Waals surface area contributed by atoms with Crippen LogP contribution in [0.2, 0.25) is 0 Å². The minimum atomic E-state index is -0.456. The van der Waals surface area contributed by atoms with Gasteiger partial charge in [0.2, 0.25) is 0 Å². The van der Waals surface area contributed by atoms with E-state index in [0.29, 0.717) is 12.1 Å². The first-order chi connectivity index (χ1) is 8.69. The normalized spacial score (nSPS) is 9.50. The van der Waals surface area contributed by atoms with E-state index < -0.39 is 5.82 Å². The Morgan fingerprint density at radius 3 is 2.94 bits per heavy atom. The highest BCUT2D eigenvalue weighted by molar-refractivity contribution is 5.96. The first-order valence-electron chi connectivity index (χ1n) is 5.86.